The molecule has 0 N–H and O–H groups in total. The van der Waals surface area contributed by atoms with Gasteiger partial charge in [-0.2, -0.15) is 4.57 Å². The largest absolute Gasteiger partial charge is 0.355 e. The molecule has 0 bridgehead atoms. The molecule has 0 saturated carbocycles. The van der Waals surface area contributed by atoms with Crippen LogP contribution in [0.5, 0.6) is 0 Å². The molecule has 2 heterocycles. The van der Waals surface area contributed by atoms with Crippen molar-refractivity contribution in [3.8, 4) is 0 Å². The van der Waals surface area contributed by atoms with Gasteiger partial charge in [-0.3, -0.25) is 0 Å². The third kappa shape index (κ3) is 7.22. The van der Waals surface area contributed by atoms with E-state index in [2.05, 4.69) is 125 Å². The molecule has 1 unspecified atom stereocenters. The Kier molecular flexibility index (Phi) is 8.61. The van der Waals surface area contributed by atoms with E-state index in [1.54, 1.807) is 0 Å². The fourth-order valence-corrected chi connectivity index (χ4v) is 6.98. The highest BCUT2D eigenvalue weighted by Gasteiger charge is 2.28. The zero-order valence-corrected chi connectivity index (χ0v) is 24.5. The van der Waals surface area contributed by atoms with Crippen molar-refractivity contribution in [1.82, 2.24) is 0 Å². The van der Waals surface area contributed by atoms with Crippen molar-refractivity contribution in [1.29, 1.82) is 0 Å². The van der Waals surface area contributed by atoms with Gasteiger partial charge >= 0.3 is 0 Å². The molecule has 0 spiro atoms. The van der Waals surface area contributed by atoms with Gasteiger partial charge in [0.15, 0.2) is 6.54 Å². The van der Waals surface area contributed by atoms with E-state index < -0.39 is 0 Å². The van der Waals surface area contributed by atoms with Gasteiger partial charge in [0.25, 0.3) is 5.01 Å². The first kappa shape index (κ1) is 26.9. The van der Waals surface area contributed by atoms with Crippen molar-refractivity contribution in [3.63, 3.8) is 0 Å². The van der Waals surface area contributed by atoms with Crippen LogP contribution in [0.15, 0.2) is 71.7 Å². The molecule has 3 aromatic rings. The number of anilines is 1. The van der Waals surface area contributed by atoms with Crippen LogP contribution in [-0.4, -0.2) is 76.3 Å². The minimum Gasteiger partial charge on any atom is -0.355 e. The van der Waals surface area contributed by atoms with Crippen molar-refractivity contribution in [2.24, 2.45) is 0 Å². The van der Waals surface area contributed by atoms with E-state index in [4.69, 9.17) is 0 Å². The van der Waals surface area contributed by atoms with Gasteiger partial charge in [-0.1, -0.05) is 65.6 Å². The van der Waals surface area contributed by atoms with E-state index in [0.717, 1.165) is 22.1 Å². The standard InChI is InChI=1S/C30H43N4S2/c1-33(2,3)23-13-21-31-25-15-7-9-17-27(25)35-29(31)19-11-12-20-30-32(22-14-24-34(4,5)6)26-16-8-10-18-28(26)36-30/h7-12,15-20,29H,13-14,21-24H2,1-6H3/q+3/b19-11?,20-12+. The van der Waals surface area contributed by atoms with Crippen molar-refractivity contribution in [2.45, 2.75) is 29.7 Å². The Balaban J connectivity index is 1.48. The average Bonchev–Trinajstić information content (AvgIpc) is 3.33. The summed E-state index contributed by atoms with van der Waals surface area (Å²) in [6.45, 7) is 4.49. The molecular weight excluding hydrogens is 480 g/mol. The second-order valence-electron chi connectivity index (χ2n) is 11.7. The Bertz CT molecular complexity index is 1210. The predicted octanol–water partition coefficient (Wildman–Crippen LogP) is 5.89. The molecule has 1 aliphatic rings. The Morgan fingerprint density at radius 1 is 0.861 bits per heavy atom. The number of aromatic nitrogens is 1. The molecule has 6 heteroatoms. The zero-order chi connectivity index (χ0) is 25.8. The summed E-state index contributed by atoms with van der Waals surface area (Å²) in [5.41, 5.74) is 2.72. The highest BCUT2D eigenvalue weighted by Crippen LogP contribution is 2.43. The molecule has 0 amide bonds. The minimum atomic E-state index is 0.346. The lowest BCUT2D eigenvalue weighted by atomic mass is 10.2. The Morgan fingerprint density at radius 3 is 2.33 bits per heavy atom. The number of allylic oxidation sites excluding steroid dienone is 2. The normalized spacial score (nSPS) is 16.6. The summed E-state index contributed by atoms with van der Waals surface area (Å²) in [5, 5.41) is 1.67. The van der Waals surface area contributed by atoms with Crippen molar-refractivity contribution in [2.75, 3.05) is 66.8 Å². The van der Waals surface area contributed by atoms with Crippen LogP contribution >= 0.6 is 23.1 Å². The van der Waals surface area contributed by atoms with E-state index in [1.807, 2.05) is 23.1 Å². The van der Waals surface area contributed by atoms with E-state index in [9.17, 15) is 0 Å². The lowest BCUT2D eigenvalue weighted by molar-refractivity contribution is -0.873. The Labute approximate surface area is 226 Å². The van der Waals surface area contributed by atoms with Crippen LogP contribution in [0.2, 0.25) is 0 Å². The second kappa shape index (κ2) is 11.5. The monoisotopic (exact) mass is 523 g/mol. The molecule has 0 fully saturated rings. The first-order valence-corrected chi connectivity index (χ1v) is 14.7. The van der Waals surface area contributed by atoms with Gasteiger partial charge in [0, 0.05) is 30.0 Å². The van der Waals surface area contributed by atoms with Gasteiger partial charge in [-0.05, 0) is 18.2 Å². The lowest BCUT2D eigenvalue weighted by Gasteiger charge is -2.28. The SMILES string of the molecule is C[N+](C)(C)CCCN1c2ccccc2SC1C=C/C=C/c1sc2ccccc2[n+]1CCC[N+](C)(C)C. The highest BCUT2D eigenvalue weighted by molar-refractivity contribution is 8.00. The van der Waals surface area contributed by atoms with Crippen molar-refractivity contribution < 1.29 is 13.5 Å². The summed E-state index contributed by atoms with van der Waals surface area (Å²) >= 11 is 3.85. The predicted molar refractivity (Wildman–Crippen MR) is 159 cm³/mol. The smallest absolute Gasteiger partial charge is 0.262 e. The number of rotatable bonds is 11. The third-order valence-electron chi connectivity index (χ3n) is 6.43. The molecule has 0 saturated heterocycles. The number of thiazole rings is 1. The quantitative estimate of drug-likeness (QED) is 0.176. The molecule has 4 nitrogen and oxygen atoms in total. The molecule has 1 aromatic heterocycles. The summed E-state index contributed by atoms with van der Waals surface area (Å²) < 4.78 is 5.87. The van der Waals surface area contributed by atoms with Gasteiger partial charge in [0.1, 0.15) is 4.70 Å². The molecule has 4 rings (SSSR count). The topological polar surface area (TPSA) is 7.12 Å². The molecule has 0 aliphatic carbocycles. The van der Waals surface area contributed by atoms with Crippen LogP contribution in [0, 0.1) is 0 Å². The first-order chi connectivity index (χ1) is 17.1. The maximum Gasteiger partial charge on any atom is 0.262 e. The van der Waals surface area contributed by atoms with E-state index in [1.165, 1.54) is 51.7 Å². The fraction of sp³-hybridized carbons (Fsp3) is 0.433. The third-order valence-corrected chi connectivity index (χ3v) is 8.81. The Hall–Kier alpha value is -2.12. The number of thioether (sulfide) groups is 1. The van der Waals surface area contributed by atoms with Gasteiger partial charge in [-0.15, -0.1) is 0 Å². The summed E-state index contributed by atoms with van der Waals surface area (Å²) in [6.07, 6.45) is 11.5. The first-order valence-electron chi connectivity index (χ1n) is 13.0. The minimum absolute atomic E-state index is 0.346. The molecule has 1 aliphatic heterocycles. The van der Waals surface area contributed by atoms with Crippen molar-refractivity contribution in [3.05, 3.63) is 71.8 Å². The summed E-state index contributed by atoms with van der Waals surface area (Å²) in [4.78, 5) is 3.96. The van der Waals surface area contributed by atoms with E-state index >= 15 is 0 Å². The lowest BCUT2D eigenvalue weighted by Crippen LogP contribution is -2.40. The average molecular weight is 524 g/mol. The summed E-state index contributed by atoms with van der Waals surface area (Å²) in [6, 6.07) is 17.6. The van der Waals surface area contributed by atoms with Gasteiger partial charge < -0.3 is 13.9 Å². The summed E-state index contributed by atoms with van der Waals surface area (Å²) in [7, 11) is 13.6. The van der Waals surface area contributed by atoms with Gasteiger partial charge in [0.2, 0.25) is 5.52 Å². The number of quaternary nitrogens is 2. The van der Waals surface area contributed by atoms with E-state index in [0.29, 0.717) is 5.37 Å². The van der Waals surface area contributed by atoms with Crippen LogP contribution in [0.3, 0.4) is 0 Å². The second-order valence-corrected chi connectivity index (χ2v) is 13.9. The zero-order valence-electron chi connectivity index (χ0n) is 22.9. The highest BCUT2D eigenvalue weighted by atomic mass is 32.2. The number of hydrogen-bond donors (Lipinski definition) is 0. The van der Waals surface area contributed by atoms with E-state index in [-0.39, 0.29) is 0 Å². The van der Waals surface area contributed by atoms with Gasteiger partial charge in [-0.25, -0.2) is 0 Å². The maximum atomic E-state index is 2.57. The molecule has 192 valence electrons. The number of aryl methyl sites for hydroxylation is 1. The van der Waals surface area contributed by atoms with Crippen LogP contribution in [0.4, 0.5) is 5.69 Å². The molecule has 1 atom stereocenters. The van der Waals surface area contributed by atoms with Crippen molar-refractivity contribution >= 4 is 45.1 Å². The fourth-order valence-electron chi connectivity index (χ4n) is 4.64. The molecule has 36 heavy (non-hydrogen) atoms. The molecule has 0 radical (unpaired) electrons. The number of fused-ring (bicyclic) bond motifs is 2. The number of nitrogens with zero attached hydrogens (tertiary/aromatic N) is 4. The van der Waals surface area contributed by atoms with Crippen LogP contribution in [0.1, 0.15) is 17.8 Å². The number of hydrogen-bond acceptors (Lipinski definition) is 3. The number of para-hydroxylation sites is 2. The van der Waals surface area contributed by atoms with Crippen LogP contribution in [0.25, 0.3) is 16.3 Å². The summed E-state index contributed by atoms with van der Waals surface area (Å²) in [5.74, 6) is 0. The van der Waals surface area contributed by atoms with Crippen LogP contribution in [-0.2, 0) is 6.54 Å². The number of benzene rings is 2. The molecular formula is C30H43N4S2+3. The maximum absolute atomic E-state index is 2.57. The molecule has 2 aromatic carbocycles. The van der Waals surface area contributed by atoms with Gasteiger partial charge in [0.05, 0.1) is 72.9 Å². The van der Waals surface area contributed by atoms with Crippen LogP contribution < -0.4 is 9.47 Å². The Morgan fingerprint density at radius 2 is 1.56 bits per heavy atom.